The van der Waals surface area contributed by atoms with Gasteiger partial charge in [0.1, 0.15) is 18.1 Å². The molecule has 3 rings (SSSR count). The van der Waals surface area contributed by atoms with Crippen molar-refractivity contribution in [3.05, 3.63) is 53.6 Å². The Balaban J connectivity index is 1.40. The van der Waals surface area contributed by atoms with Crippen LogP contribution in [0.1, 0.15) is 11.1 Å². The number of nitrogens with zero attached hydrogens (tertiary/aromatic N) is 2. The summed E-state index contributed by atoms with van der Waals surface area (Å²) in [4.78, 5) is 16.5. The van der Waals surface area contributed by atoms with Crippen LogP contribution in [0.25, 0.3) is 0 Å². The van der Waals surface area contributed by atoms with Gasteiger partial charge in [-0.15, -0.1) is 0 Å². The highest BCUT2D eigenvalue weighted by molar-refractivity contribution is 5.74. The number of hydrogen-bond acceptors (Lipinski definition) is 4. The van der Waals surface area contributed by atoms with E-state index in [1.54, 1.807) is 7.11 Å². The van der Waals surface area contributed by atoms with Gasteiger partial charge in [-0.05, 0) is 49.2 Å². The Bertz CT molecular complexity index is 764. The van der Waals surface area contributed by atoms with E-state index in [1.165, 1.54) is 0 Å². The van der Waals surface area contributed by atoms with E-state index in [4.69, 9.17) is 9.47 Å². The molecular weight excluding hydrogens is 354 g/mol. The third-order valence-electron chi connectivity index (χ3n) is 5.04. The van der Waals surface area contributed by atoms with Gasteiger partial charge in [-0.2, -0.15) is 0 Å². The molecule has 0 bridgehead atoms. The maximum atomic E-state index is 12.4. The van der Waals surface area contributed by atoms with Gasteiger partial charge in [0.2, 0.25) is 0 Å². The van der Waals surface area contributed by atoms with E-state index >= 15 is 0 Å². The fraction of sp³-hybridized carbons (Fsp3) is 0.409. The first-order valence-electron chi connectivity index (χ1n) is 9.69. The molecule has 1 aliphatic rings. The third kappa shape index (κ3) is 4.88. The molecule has 1 heterocycles. The van der Waals surface area contributed by atoms with Crippen LogP contribution in [0.2, 0.25) is 0 Å². The number of benzene rings is 2. The van der Waals surface area contributed by atoms with Gasteiger partial charge < -0.3 is 24.6 Å². The molecule has 0 atom stereocenters. The number of para-hydroxylation sites is 1. The molecule has 28 heavy (non-hydrogen) atoms. The topological polar surface area (TPSA) is 54.0 Å². The third-order valence-corrected chi connectivity index (χ3v) is 5.04. The number of rotatable bonds is 6. The second-order valence-electron chi connectivity index (χ2n) is 6.97. The van der Waals surface area contributed by atoms with Crippen molar-refractivity contribution in [3.8, 4) is 11.5 Å². The van der Waals surface area contributed by atoms with Crippen molar-refractivity contribution in [1.82, 2.24) is 10.2 Å². The maximum Gasteiger partial charge on any atom is 0.317 e. The van der Waals surface area contributed by atoms with Gasteiger partial charge in [0.05, 0.1) is 13.7 Å². The van der Waals surface area contributed by atoms with Gasteiger partial charge >= 0.3 is 6.03 Å². The lowest BCUT2D eigenvalue weighted by Crippen LogP contribution is -2.52. The van der Waals surface area contributed by atoms with E-state index < -0.39 is 0 Å². The smallest absolute Gasteiger partial charge is 0.317 e. The highest BCUT2D eigenvalue weighted by Crippen LogP contribution is 2.22. The first-order chi connectivity index (χ1) is 13.6. The quantitative estimate of drug-likeness (QED) is 0.778. The molecule has 0 saturated carbocycles. The number of carbonyl (C=O) groups is 1. The lowest BCUT2D eigenvalue weighted by molar-refractivity contribution is 0.191. The fourth-order valence-corrected chi connectivity index (χ4v) is 3.41. The molecule has 0 aliphatic carbocycles. The summed E-state index contributed by atoms with van der Waals surface area (Å²) in [5.41, 5.74) is 3.38. The number of urea groups is 1. The molecule has 2 aromatic carbocycles. The highest BCUT2D eigenvalue weighted by atomic mass is 16.5. The van der Waals surface area contributed by atoms with E-state index in [9.17, 15) is 4.79 Å². The maximum absolute atomic E-state index is 12.4. The molecule has 6 nitrogen and oxygen atoms in total. The highest BCUT2D eigenvalue weighted by Gasteiger charge is 2.21. The Morgan fingerprint density at radius 2 is 1.64 bits per heavy atom. The molecule has 2 amide bonds. The molecule has 1 fully saturated rings. The van der Waals surface area contributed by atoms with Crippen LogP contribution in [-0.2, 0) is 0 Å². The standard InChI is InChI=1S/C22H29N3O3/c1-17-5-4-6-18(2)21(17)28-16-11-23-22(26)25-14-12-24(13-15-25)19-7-9-20(27-3)10-8-19/h4-10H,11-16H2,1-3H3,(H,23,26). The number of nitrogens with one attached hydrogen (secondary N) is 1. The van der Waals surface area contributed by atoms with Crippen LogP contribution in [0.4, 0.5) is 10.5 Å². The molecule has 2 aromatic rings. The van der Waals surface area contributed by atoms with E-state index in [0.29, 0.717) is 26.2 Å². The monoisotopic (exact) mass is 383 g/mol. The Morgan fingerprint density at radius 3 is 2.25 bits per heavy atom. The van der Waals surface area contributed by atoms with Crippen molar-refractivity contribution in [2.75, 3.05) is 51.3 Å². The Labute approximate surface area is 167 Å². The molecule has 6 heteroatoms. The van der Waals surface area contributed by atoms with Gasteiger partial charge in [0.15, 0.2) is 0 Å². The number of piperazine rings is 1. The van der Waals surface area contributed by atoms with E-state index in [0.717, 1.165) is 41.4 Å². The second kappa shape index (κ2) is 9.35. The molecule has 150 valence electrons. The average molecular weight is 383 g/mol. The Kier molecular flexibility index (Phi) is 6.63. The van der Waals surface area contributed by atoms with Crippen molar-refractivity contribution >= 4 is 11.7 Å². The zero-order chi connectivity index (χ0) is 19.9. The van der Waals surface area contributed by atoms with Gasteiger partial charge in [0, 0.05) is 31.9 Å². The van der Waals surface area contributed by atoms with Gasteiger partial charge in [0.25, 0.3) is 0 Å². The van der Waals surface area contributed by atoms with Gasteiger partial charge in [-0.1, -0.05) is 18.2 Å². The first kappa shape index (κ1) is 19.9. The normalized spacial score (nSPS) is 14.0. The van der Waals surface area contributed by atoms with Crippen molar-refractivity contribution in [1.29, 1.82) is 0 Å². The first-order valence-corrected chi connectivity index (χ1v) is 9.69. The number of amides is 2. The molecule has 0 radical (unpaired) electrons. The summed E-state index contributed by atoms with van der Waals surface area (Å²) >= 11 is 0. The minimum absolute atomic E-state index is 0.0283. The molecule has 1 N–H and O–H groups in total. The predicted molar refractivity (Wildman–Crippen MR) is 112 cm³/mol. The van der Waals surface area contributed by atoms with Crippen LogP contribution in [0, 0.1) is 13.8 Å². The zero-order valence-corrected chi connectivity index (χ0v) is 16.9. The molecule has 1 aliphatic heterocycles. The van der Waals surface area contributed by atoms with Crippen molar-refractivity contribution in [2.24, 2.45) is 0 Å². The SMILES string of the molecule is COc1ccc(N2CCN(C(=O)NCCOc3c(C)cccc3C)CC2)cc1. The lowest BCUT2D eigenvalue weighted by Gasteiger charge is -2.36. The van der Waals surface area contributed by atoms with Crippen LogP contribution in [0.3, 0.4) is 0 Å². The summed E-state index contributed by atoms with van der Waals surface area (Å²) in [5, 5.41) is 2.96. The van der Waals surface area contributed by atoms with Gasteiger partial charge in [-0.25, -0.2) is 4.79 Å². The van der Waals surface area contributed by atoms with Crippen LogP contribution < -0.4 is 19.7 Å². The van der Waals surface area contributed by atoms with E-state index in [1.807, 2.05) is 49.1 Å². The molecular formula is C22H29N3O3. The van der Waals surface area contributed by atoms with Crippen molar-refractivity contribution in [3.63, 3.8) is 0 Å². The van der Waals surface area contributed by atoms with E-state index in [-0.39, 0.29) is 6.03 Å². The number of methoxy groups -OCH3 is 1. The summed E-state index contributed by atoms with van der Waals surface area (Å²) in [6.07, 6.45) is 0. The Hall–Kier alpha value is -2.89. The summed E-state index contributed by atoms with van der Waals surface area (Å²) < 4.78 is 11.1. The van der Waals surface area contributed by atoms with E-state index in [2.05, 4.69) is 22.3 Å². The molecule has 1 saturated heterocycles. The second-order valence-corrected chi connectivity index (χ2v) is 6.97. The zero-order valence-electron chi connectivity index (χ0n) is 16.9. The lowest BCUT2D eigenvalue weighted by atomic mass is 10.1. The molecule has 0 aromatic heterocycles. The van der Waals surface area contributed by atoms with Crippen LogP contribution in [0.15, 0.2) is 42.5 Å². The minimum Gasteiger partial charge on any atom is -0.497 e. The number of hydrogen-bond donors (Lipinski definition) is 1. The number of ether oxygens (including phenoxy) is 2. The number of aryl methyl sites for hydroxylation is 2. The van der Waals surface area contributed by atoms with Crippen LogP contribution >= 0.6 is 0 Å². The Morgan fingerprint density at radius 1 is 1.00 bits per heavy atom. The van der Waals surface area contributed by atoms with Crippen LogP contribution in [-0.4, -0.2) is 57.4 Å². The average Bonchev–Trinajstić information content (AvgIpc) is 2.73. The number of anilines is 1. The molecule has 0 spiro atoms. The summed E-state index contributed by atoms with van der Waals surface area (Å²) in [5.74, 6) is 1.76. The van der Waals surface area contributed by atoms with Gasteiger partial charge in [-0.3, -0.25) is 0 Å². The largest absolute Gasteiger partial charge is 0.497 e. The van der Waals surface area contributed by atoms with Crippen molar-refractivity contribution < 1.29 is 14.3 Å². The predicted octanol–water partition coefficient (Wildman–Crippen LogP) is 3.22. The number of carbonyl (C=O) groups excluding carboxylic acids is 1. The minimum atomic E-state index is -0.0283. The summed E-state index contributed by atoms with van der Waals surface area (Å²) in [7, 11) is 1.67. The summed E-state index contributed by atoms with van der Waals surface area (Å²) in [6.45, 7) is 8.06. The summed E-state index contributed by atoms with van der Waals surface area (Å²) in [6, 6.07) is 14.1. The van der Waals surface area contributed by atoms with Crippen LogP contribution in [0.5, 0.6) is 11.5 Å². The van der Waals surface area contributed by atoms with Crippen molar-refractivity contribution in [2.45, 2.75) is 13.8 Å². The fourth-order valence-electron chi connectivity index (χ4n) is 3.41. The molecule has 0 unspecified atom stereocenters.